The van der Waals surface area contributed by atoms with Crippen molar-refractivity contribution in [1.82, 2.24) is 4.90 Å². The third-order valence-electron chi connectivity index (χ3n) is 5.97. The van der Waals surface area contributed by atoms with Crippen LogP contribution in [-0.2, 0) is 11.2 Å². The van der Waals surface area contributed by atoms with E-state index in [9.17, 15) is 9.90 Å². The van der Waals surface area contributed by atoms with Crippen molar-refractivity contribution >= 4 is 5.97 Å². The van der Waals surface area contributed by atoms with Crippen molar-refractivity contribution in [1.29, 1.82) is 0 Å². The molecule has 3 heteroatoms. The molecule has 2 fully saturated rings. The van der Waals surface area contributed by atoms with E-state index in [1.54, 1.807) is 0 Å². The molecule has 0 saturated heterocycles. The number of rotatable bonds is 3. The molecule has 1 heterocycles. The zero-order chi connectivity index (χ0) is 14.4. The maximum atomic E-state index is 11.8. The molecule has 21 heavy (non-hydrogen) atoms. The fourth-order valence-corrected chi connectivity index (χ4v) is 5.01. The van der Waals surface area contributed by atoms with Crippen LogP contribution in [0.2, 0.25) is 0 Å². The molecule has 2 bridgehead atoms. The van der Waals surface area contributed by atoms with Crippen LogP contribution < -0.4 is 0 Å². The van der Waals surface area contributed by atoms with Crippen molar-refractivity contribution in [3.8, 4) is 0 Å². The second-order valence-electron chi connectivity index (χ2n) is 7.12. The van der Waals surface area contributed by atoms with E-state index in [1.165, 1.54) is 31.2 Å². The molecule has 4 unspecified atom stereocenters. The van der Waals surface area contributed by atoms with Gasteiger partial charge in [-0.25, -0.2) is 0 Å². The highest BCUT2D eigenvalue weighted by Gasteiger charge is 2.42. The first-order chi connectivity index (χ1) is 10.2. The second-order valence-corrected chi connectivity index (χ2v) is 7.12. The average molecular weight is 285 g/mol. The van der Waals surface area contributed by atoms with Gasteiger partial charge in [0.15, 0.2) is 0 Å². The molecule has 1 aromatic rings. The van der Waals surface area contributed by atoms with Gasteiger partial charge in [-0.1, -0.05) is 30.7 Å². The van der Waals surface area contributed by atoms with Crippen molar-refractivity contribution < 1.29 is 9.90 Å². The van der Waals surface area contributed by atoms with E-state index in [-0.39, 0.29) is 0 Å². The number of nitrogens with zero attached hydrogens (tertiary/aromatic N) is 1. The Bertz CT molecular complexity index is 556. The predicted molar refractivity (Wildman–Crippen MR) is 81.0 cm³/mol. The van der Waals surface area contributed by atoms with Gasteiger partial charge in [0.05, 0.1) is 0 Å². The molecule has 0 aromatic heterocycles. The number of benzene rings is 1. The summed E-state index contributed by atoms with van der Waals surface area (Å²) in [6.07, 6.45) is 6.49. The zero-order valence-electron chi connectivity index (χ0n) is 12.4. The van der Waals surface area contributed by atoms with Crippen LogP contribution >= 0.6 is 0 Å². The second kappa shape index (κ2) is 5.13. The van der Waals surface area contributed by atoms with E-state index in [0.717, 1.165) is 42.8 Å². The molecule has 0 spiro atoms. The highest BCUT2D eigenvalue weighted by molar-refractivity contribution is 5.76. The summed E-state index contributed by atoms with van der Waals surface area (Å²) in [5.41, 5.74) is 2.23. The Hall–Kier alpha value is -1.35. The van der Waals surface area contributed by atoms with Crippen LogP contribution in [0.1, 0.15) is 42.9 Å². The number of carboxylic acid groups (broad SMARTS) is 1. The first-order valence-electron chi connectivity index (χ1n) is 8.27. The molecule has 2 aliphatic carbocycles. The molecule has 1 aliphatic heterocycles. The van der Waals surface area contributed by atoms with E-state index in [1.807, 2.05) is 18.2 Å². The summed E-state index contributed by atoms with van der Waals surface area (Å²) in [7, 11) is 0. The van der Waals surface area contributed by atoms with Crippen LogP contribution in [0.3, 0.4) is 0 Å². The summed E-state index contributed by atoms with van der Waals surface area (Å²) in [5.74, 6) is 1.84. The van der Waals surface area contributed by atoms with Crippen molar-refractivity contribution in [2.45, 2.75) is 38.1 Å². The predicted octanol–water partition coefficient (Wildman–Crippen LogP) is 3.11. The molecule has 1 aromatic carbocycles. The Labute approximate surface area is 126 Å². The van der Waals surface area contributed by atoms with E-state index in [4.69, 9.17) is 0 Å². The summed E-state index contributed by atoms with van der Waals surface area (Å²) >= 11 is 0. The number of fused-ring (bicyclic) bond motifs is 3. The van der Waals surface area contributed by atoms with Gasteiger partial charge in [0.1, 0.15) is 6.04 Å². The van der Waals surface area contributed by atoms with Crippen LogP contribution in [0.25, 0.3) is 0 Å². The molecule has 112 valence electrons. The topological polar surface area (TPSA) is 40.5 Å². The number of hydrogen-bond donors (Lipinski definition) is 1. The maximum absolute atomic E-state index is 11.8. The van der Waals surface area contributed by atoms with Gasteiger partial charge in [-0.2, -0.15) is 0 Å². The normalized spacial score (nSPS) is 34.9. The SMILES string of the molecule is O=C(O)C1c2ccccc2CCN1CC1CC2CCC1C2. The Kier molecular flexibility index (Phi) is 3.26. The summed E-state index contributed by atoms with van der Waals surface area (Å²) in [4.78, 5) is 14.1. The van der Waals surface area contributed by atoms with Crippen molar-refractivity contribution in [2.75, 3.05) is 13.1 Å². The van der Waals surface area contributed by atoms with Crippen molar-refractivity contribution in [3.63, 3.8) is 0 Å². The minimum Gasteiger partial charge on any atom is -0.480 e. The molecule has 0 radical (unpaired) electrons. The van der Waals surface area contributed by atoms with E-state index in [2.05, 4.69) is 11.0 Å². The Morgan fingerprint density at radius 1 is 1.24 bits per heavy atom. The smallest absolute Gasteiger partial charge is 0.325 e. The van der Waals surface area contributed by atoms with Crippen LogP contribution in [0.15, 0.2) is 24.3 Å². The lowest BCUT2D eigenvalue weighted by Crippen LogP contribution is -2.43. The lowest BCUT2D eigenvalue weighted by Gasteiger charge is -2.37. The molecule has 2 saturated carbocycles. The maximum Gasteiger partial charge on any atom is 0.325 e. The quantitative estimate of drug-likeness (QED) is 0.927. The van der Waals surface area contributed by atoms with Gasteiger partial charge in [0.25, 0.3) is 0 Å². The highest BCUT2D eigenvalue weighted by Crippen LogP contribution is 2.49. The lowest BCUT2D eigenvalue weighted by molar-refractivity contribution is -0.144. The van der Waals surface area contributed by atoms with Gasteiger partial charge >= 0.3 is 5.97 Å². The third kappa shape index (κ3) is 2.28. The fraction of sp³-hybridized carbons (Fsp3) is 0.611. The van der Waals surface area contributed by atoms with Gasteiger partial charge in [0, 0.05) is 13.1 Å². The molecule has 4 rings (SSSR count). The van der Waals surface area contributed by atoms with Crippen LogP contribution in [-0.4, -0.2) is 29.1 Å². The Morgan fingerprint density at radius 2 is 2.10 bits per heavy atom. The summed E-state index contributed by atoms with van der Waals surface area (Å²) in [5, 5.41) is 9.72. The molecule has 0 amide bonds. The van der Waals surface area contributed by atoms with Crippen LogP contribution in [0.5, 0.6) is 0 Å². The zero-order valence-corrected chi connectivity index (χ0v) is 12.4. The molecule has 3 nitrogen and oxygen atoms in total. The number of hydrogen-bond acceptors (Lipinski definition) is 2. The number of aliphatic carboxylic acids is 1. The minimum absolute atomic E-state index is 0.436. The van der Waals surface area contributed by atoms with E-state index < -0.39 is 12.0 Å². The van der Waals surface area contributed by atoms with Gasteiger partial charge in [0.2, 0.25) is 0 Å². The molecular formula is C18H23NO2. The van der Waals surface area contributed by atoms with Crippen molar-refractivity contribution in [2.24, 2.45) is 17.8 Å². The number of carbonyl (C=O) groups is 1. The van der Waals surface area contributed by atoms with Crippen LogP contribution in [0, 0.1) is 17.8 Å². The molecule has 3 aliphatic rings. The van der Waals surface area contributed by atoms with E-state index in [0.29, 0.717) is 0 Å². The molecular weight excluding hydrogens is 262 g/mol. The van der Waals surface area contributed by atoms with Gasteiger partial charge in [-0.3, -0.25) is 9.69 Å². The largest absolute Gasteiger partial charge is 0.480 e. The molecule has 1 N–H and O–H groups in total. The summed E-state index contributed by atoms with van der Waals surface area (Å²) in [6.45, 7) is 1.87. The number of carboxylic acids is 1. The van der Waals surface area contributed by atoms with E-state index >= 15 is 0 Å². The summed E-state index contributed by atoms with van der Waals surface area (Å²) < 4.78 is 0. The standard InChI is InChI=1S/C18H23NO2/c20-18(21)17-16-4-2-1-3-13(16)7-8-19(17)11-15-10-12-5-6-14(15)9-12/h1-4,12,14-15,17H,5-11H2,(H,20,21). The van der Waals surface area contributed by atoms with Gasteiger partial charge in [-0.15, -0.1) is 0 Å². The first-order valence-corrected chi connectivity index (χ1v) is 8.27. The first kappa shape index (κ1) is 13.3. The van der Waals surface area contributed by atoms with Crippen LogP contribution in [0.4, 0.5) is 0 Å². The highest BCUT2D eigenvalue weighted by atomic mass is 16.4. The van der Waals surface area contributed by atoms with Gasteiger partial charge < -0.3 is 5.11 Å². The summed E-state index contributed by atoms with van der Waals surface area (Å²) in [6, 6.07) is 7.63. The minimum atomic E-state index is -0.690. The lowest BCUT2D eigenvalue weighted by atomic mass is 9.86. The monoisotopic (exact) mass is 285 g/mol. The van der Waals surface area contributed by atoms with Gasteiger partial charge in [-0.05, 0) is 54.6 Å². The Morgan fingerprint density at radius 3 is 2.81 bits per heavy atom. The average Bonchev–Trinajstić information content (AvgIpc) is 3.09. The fourth-order valence-electron chi connectivity index (χ4n) is 5.01. The third-order valence-corrected chi connectivity index (χ3v) is 5.97. The molecule has 4 atom stereocenters. The van der Waals surface area contributed by atoms with Crippen molar-refractivity contribution in [3.05, 3.63) is 35.4 Å². The Balaban J connectivity index is 1.56.